The molecule has 0 bridgehead atoms. The van der Waals surface area contributed by atoms with Gasteiger partial charge in [-0.1, -0.05) is 67.9 Å². The second kappa shape index (κ2) is 9.70. The Kier molecular flexibility index (Phi) is 6.75. The van der Waals surface area contributed by atoms with Crippen LogP contribution in [0.25, 0.3) is 11.4 Å². The Morgan fingerprint density at radius 3 is 2.38 bits per heavy atom. The second-order valence-electron chi connectivity index (χ2n) is 8.50. The molecule has 0 aliphatic carbocycles. The molecule has 0 unspecified atom stereocenters. The summed E-state index contributed by atoms with van der Waals surface area (Å²) >= 11 is 6.28. The quantitative estimate of drug-likeness (QED) is 0.522. The van der Waals surface area contributed by atoms with E-state index in [1.165, 1.54) is 5.56 Å². The van der Waals surface area contributed by atoms with Crippen molar-refractivity contribution in [2.75, 3.05) is 31.1 Å². The summed E-state index contributed by atoms with van der Waals surface area (Å²) in [6, 6.07) is 17.4. The van der Waals surface area contributed by atoms with E-state index in [4.69, 9.17) is 21.6 Å². The molecule has 6 heteroatoms. The van der Waals surface area contributed by atoms with Gasteiger partial charge < -0.3 is 9.80 Å². The van der Waals surface area contributed by atoms with Crippen molar-refractivity contribution in [1.82, 2.24) is 14.9 Å². The highest BCUT2D eigenvalue weighted by molar-refractivity contribution is 6.33. The van der Waals surface area contributed by atoms with Crippen molar-refractivity contribution in [1.29, 1.82) is 0 Å². The zero-order valence-electron chi connectivity index (χ0n) is 18.9. The van der Waals surface area contributed by atoms with Crippen molar-refractivity contribution < 1.29 is 4.79 Å². The molecule has 0 N–H and O–H groups in total. The number of halogens is 1. The Morgan fingerprint density at radius 1 is 0.938 bits per heavy atom. The lowest BCUT2D eigenvalue weighted by molar-refractivity contribution is 0.0767. The van der Waals surface area contributed by atoms with Gasteiger partial charge in [0.2, 0.25) is 0 Å². The van der Waals surface area contributed by atoms with Crippen LogP contribution in [0.15, 0.2) is 54.6 Å². The Balaban J connectivity index is 1.63. The predicted molar refractivity (Wildman–Crippen MR) is 130 cm³/mol. The van der Waals surface area contributed by atoms with Crippen molar-refractivity contribution in [2.24, 2.45) is 0 Å². The molecule has 1 saturated heterocycles. The van der Waals surface area contributed by atoms with E-state index < -0.39 is 0 Å². The molecule has 0 atom stereocenters. The fraction of sp³-hybridized carbons (Fsp3) is 0.346. The Morgan fingerprint density at radius 2 is 1.66 bits per heavy atom. The van der Waals surface area contributed by atoms with Gasteiger partial charge in [0.15, 0.2) is 5.82 Å². The largest absolute Gasteiger partial charge is 0.354 e. The summed E-state index contributed by atoms with van der Waals surface area (Å²) < 4.78 is 0. The summed E-state index contributed by atoms with van der Waals surface area (Å²) in [4.78, 5) is 27.1. The van der Waals surface area contributed by atoms with Gasteiger partial charge in [-0.25, -0.2) is 9.97 Å². The Labute approximate surface area is 195 Å². The number of rotatable bonds is 4. The first kappa shape index (κ1) is 22.3. The molecule has 1 aliphatic rings. The summed E-state index contributed by atoms with van der Waals surface area (Å²) in [7, 11) is 0. The van der Waals surface area contributed by atoms with Crippen LogP contribution < -0.4 is 4.90 Å². The van der Waals surface area contributed by atoms with Crippen LogP contribution in [0.3, 0.4) is 0 Å². The van der Waals surface area contributed by atoms with Crippen molar-refractivity contribution in [3.05, 3.63) is 76.4 Å². The van der Waals surface area contributed by atoms with Gasteiger partial charge >= 0.3 is 0 Å². The first-order valence-corrected chi connectivity index (χ1v) is 11.6. The minimum absolute atomic E-state index is 0.00891. The first-order valence-electron chi connectivity index (χ1n) is 11.2. The maximum Gasteiger partial charge on any atom is 0.255 e. The normalized spacial score (nSPS) is 14.5. The van der Waals surface area contributed by atoms with Crippen LogP contribution >= 0.6 is 11.6 Å². The number of aromatic nitrogens is 2. The highest BCUT2D eigenvalue weighted by Gasteiger charge is 2.25. The molecule has 1 fully saturated rings. The van der Waals surface area contributed by atoms with E-state index >= 15 is 0 Å². The van der Waals surface area contributed by atoms with Gasteiger partial charge in [-0.15, -0.1) is 0 Å². The zero-order valence-corrected chi connectivity index (χ0v) is 19.6. The van der Waals surface area contributed by atoms with Gasteiger partial charge in [0.25, 0.3) is 5.91 Å². The number of anilines is 1. The van der Waals surface area contributed by atoms with Gasteiger partial charge in [0.05, 0.1) is 10.6 Å². The topological polar surface area (TPSA) is 49.3 Å². The minimum Gasteiger partial charge on any atom is -0.354 e. The number of benzene rings is 2. The Bertz CT molecular complexity index is 1100. The standard InChI is InChI=1S/C26H29ClN4O/c1-18(2)23-19(3)28-24(20-10-5-4-6-11-20)29-25(23)30-14-9-15-31(17-16-30)26(32)21-12-7-8-13-22(21)27/h4-8,10-13,18H,9,14-17H2,1-3H3. The average molecular weight is 449 g/mol. The number of hydrogen-bond donors (Lipinski definition) is 0. The van der Waals surface area contributed by atoms with E-state index in [1.54, 1.807) is 12.1 Å². The third kappa shape index (κ3) is 4.63. The molecule has 32 heavy (non-hydrogen) atoms. The monoisotopic (exact) mass is 448 g/mol. The lowest BCUT2D eigenvalue weighted by Gasteiger charge is -2.27. The maximum absolute atomic E-state index is 13.1. The third-order valence-electron chi connectivity index (χ3n) is 5.91. The van der Waals surface area contributed by atoms with Crippen molar-refractivity contribution >= 4 is 23.3 Å². The average Bonchev–Trinajstić information content (AvgIpc) is 3.05. The van der Waals surface area contributed by atoms with Crippen molar-refractivity contribution in [2.45, 2.75) is 33.1 Å². The second-order valence-corrected chi connectivity index (χ2v) is 8.91. The van der Waals surface area contributed by atoms with Crippen LogP contribution in [0, 0.1) is 6.92 Å². The molecule has 2 aromatic carbocycles. The fourth-order valence-corrected chi connectivity index (χ4v) is 4.55. The smallest absolute Gasteiger partial charge is 0.255 e. The summed E-state index contributed by atoms with van der Waals surface area (Å²) in [6.45, 7) is 9.33. The molecule has 166 valence electrons. The van der Waals surface area contributed by atoms with Crippen LogP contribution in [0.5, 0.6) is 0 Å². The summed E-state index contributed by atoms with van der Waals surface area (Å²) in [5.41, 5.74) is 3.76. The maximum atomic E-state index is 13.1. The van der Waals surface area contributed by atoms with Gasteiger partial charge in [-0.3, -0.25) is 4.79 Å². The number of carbonyl (C=O) groups is 1. The van der Waals surface area contributed by atoms with E-state index in [2.05, 4.69) is 25.7 Å². The molecule has 0 radical (unpaired) electrons. The summed E-state index contributed by atoms with van der Waals surface area (Å²) in [6.07, 6.45) is 0.872. The van der Waals surface area contributed by atoms with E-state index in [0.29, 0.717) is 29.6 Å². The van der Waals surface area contributed by atoms with E-state index in [0.717, 1.165) is 42.4 Å². The molecule has 5 nitrogen and oxygen atoms in total. The molecule has 4 rings (SSSR count). The molecule has 2 heterocycles. The fourth-order valence-electron chi connectivity index (χ4n) is 4.34. The highest BCUT2D eigenvalue weighted by Crippen LogP contribution is 2.31. The lowest BCUT2D eigenvalue weighted by Crippen LogP contribution is -2.36. The van der Waals surface area contributed by atoms with E-state index in [-0.39, 0.29) is 5.91 Å². The third-order valence-corrected chi connectivity index (χ3v) is 6.24. The zero-order chi connectivity index (χ0) is 22.7. The van der Waals surface area contributed by atoms with Crippen molar-refractivity contribution in [3.63, 3.8) is 0 Å². The van der Waals surface area contributed by atoms with Gasteiger partial charge in [-0.05, 0) is 31.4 Å². The van der Waals surface area contributed by atoms with Gasteiger partial charge in [0, 0.05) is 43.0 Å². The molecule has 0 spiro atoms. The molecule has 3 aromatic rings. The molecule has 0 saturated carbocycles. The van der Waals surface area contributed by atoms with E-state index in [9.17, 15) is 4.79 Å². The number of aryl methyl sites for hydroxylation is 1. The Hall–Kier alpha value is -2.92. The number of carbonyl (C=O) groups excluding carboxylic acids is 1. The SMILES string of the molecule is Cc1nc(-c2ccccc2)nc(N2CCCN(C(=O)c3ccccc3Cl)CC2)c1C(C)C. The van der Waals surface area contributed by atoms with Crippen LogP contribution in [0.2, 0.25) is 5.02 Å². The summed E-state index contributed by atoms with van der Waals surface area (Å²) in [5.74, 6) is 2.03. The first-order chi connectivity index (χ1) is 15.5. The van der Waals surface area contributed by atoms with Crippen LogP contribution in [-0.2, 0) is 0 Å². The van der Waals surface area contributed by atoms with Gasteiger partial charge in [-0.2, -0.15) is 0 Å². The lowest BCUT2D eigenvalue weighted by atomic mass is 10.0. The number of nitrogens with zero attached hydrogens (tertiary/aromatic N) is 4. The van der Waals surface area contributed by atoms with Gasteiger partial charge in [0.1, 0.15) is 5.82 Å². The van der Waals surface area contributed by atoms with E-state index in [1.807, 2.05) is 47.4 Å². The molecule has 1 aromatic heterocycles. The number of hydrogen-bond acceptors (Lipinski definition) is 4. The number of amides is 1. The van der Waals surface area contributed by atoms with Crippen molar-refractivity contribution in [3.8, 4) is 11.4 Å². The molecule has 1 aliphatic heterocycles. The molecular weight excluding hydrogens is 420 g/mol. The van der Waals surface area contributed by atoms with Crippen LogP contribution in [0.4, 0.5) is 5.82 Å². The van der Waals surface area contributed by atoms with Crippen LogP contribution in [-0.4, -0.2) is 47.0 Å². The van der Waals surface area contributed by atoms with Crippen LogP contribution in [0.1, 0.15) is 47.8 Å². The minimum atomic E-state index is -0.00891. The molecular formula is C26H29ClN4O. The molecule has 1 amide bonds. The predicted octanol–water partition coefficient (Wildman–Crippen LogP) is 5.58. The highest BCUT2D eigenvalue weighted by atomic mass is 35.5. The summed E-state index contributed by atoms with van der Waals surface area (Å²) in [5, 5.41) is 0.500.